The van der Waals surface area contributed by atoms with E-state index >= 15 is 0 Å². The molecule has 1 aromatic carbocycles. The highest BCUT2D eigenvalue weighted by Gasteiger charge is 2.33. The standard InChI is InChI=1S/C21H22N4O2S2/c1-14-17(20-23-19(24-27-20)16-10-6-13-29-16)18(15-8-4-3-5-9-15)22-21(28)25(14)11-7-12-26-2/h3-6,8-10,13,18H,7,11-12H2,1-2H3,(H,22,28). The molecule has 3 aromatic rings. The van der Waals surface area contributed by atoms with Gasteiger partial charge < -0.3 is 19.5 Å². The topological polar surface area (TPSA) is 63.4 Å². The number of thiophene rings is 1. The van der Waals surface area contributed by atoms with Crippen molar-refractivity contribution in [3.63, 3.8) is 0 Å². The number of aromatic nitrogens is 2. The molecular formula is C21H22N4O2S2. The van der Waals surface area contributed by atoms with Crippen LogP contribution >= 0.6 is 23.6 Å². The van der Waals surface area contributed by atoms with E-state index in [-0.39, 0.29) is 6.04 Å². The lowest BCUT2D eigenvalue weighted by atomic mass is 9.95. The van der Waals surface area contributed by atoms with E-state index in [0.29, 0.717) is 23.4 Å². The van der Waals surface area contributed by atoms with Gasteiger partial charge in [-0.3, -0.25) is 0 Å². The van der Waals surface area contributed by atoms with E-state index in [1.807, 2.05) is 35.7 Å². The zero-order valence-corrected chi connectivity index (χ0v) is 17.9. The van der Waals surface area contributed by atoms with Crippen molar-refractivity contribution in [2.24, 2.45) is 0 Å². The average Bonchev–Trinajstić information content (AvgIpc) is 3.42. The van der Waals surface area contributed by atoms with Crippen LogP contribution in [0.5, 0.6) is 0 Å². The Balaban J connectivity index is 1.76. The largest absolute Gasteiger partial charge is 0.385 e. The number of nitrogens with one attached hydrogen (secondary N) is 1. The summed E-state index contributed by atoms with van der Waals surface area (Å²) in [5, 5.41) is 10.4. The van der Waals surface area contributed by atoms with Gasteiger partial charge in [0.25, 0.3) is 5.89 Å². The van der Waals surface area contributed by atoms with Gasteiger partial charge in [-0.1, -0.05) is 41.6 Å². The van der Waals surface area contributed by atoms with Gasteiger partial charge >= 0.3 is 0 Å². The summed E-state index contributed by atoms with van der Waals surface area (Å²) in [5.41, 5.74) is 3.05. The highest BCUT2D eigenvalue weighted by Crippen LogP contribution is 2.37. The van der Waals surface area contributed by atoms with Crippen LogP contribution in [-0.2, 0) is 4.74 Å². The maximum atomic E-state index is 5.71. The molecule has 8 heteroatoms. The molecule has 0 radical (unpaired) electrons. The summed E-state index contributed by atoms with van der Waals surface area (Å²) >= 11 is 7.27. The molecular weight excluding hydrogens is 404 g/mol. The van der Waals surface area contributed by atoms with Gasteiger partial charge in [-0.15, -0.1) is 11.3 Å². The van der Waals surface area contributed by atoms with Crippen molar-refractivity contribution in [2.75, 3.05) is 20.3 Å². The first-order chi connectivity index (χ1) is 14.2. The second-order valence-corrected chi connectivity index (χ2v) is 8.03. The van der Waals surface area contributed by atoms with Crippen LogP contribution in [0.15, 0.2) is 58.1 Å². The van der Waals surface area contributed by atoms with Crippen LogP contribution in [0.4, 0.5) is 0 Å². The Labute approximate surface area is 179 Å². The van der Waals surface area contributed by atoms with Gasteiger partial charge in [0.2, 0.25) is 5.82 Å². The molecule has 3 heterocycles. The predicted molar refractivity (Wildman–Crippen MR) is 118 cm³/mol. The number of rotatable bonds is 7. The van der Waals surface area contributed by atoms with E-state index in [1.165, 1.54) is 0 Å². The fraction of sp³-hybridized carbons (Fsp3) is 0.286. The highest BCUT2D eigenvalue weighted by atomic mass is 32.1. The summed E-state index contributed by atoms with van der Waals surface area (Å²) in [6, 6.07) is 14.0. The van der Waals surface area contributed by atoms with Crippen molar-refractivity contribution in [1.29, 1.82) is 0 Å². The summed E-state index contributed by atoms with van der Waals surface area (Å²) < 4.78 is 10.9. The van der Waals surface area contributed by atoms with E-state index in [0.717, 1.165) is 34.7 Å². The SMILES string of the molecule is COCCCN1C(=S)NC(c2ccccc2)C(c2nc(-c3cccs3)no2)=C1C. The third-order valence-electron chi connectivity index (χ3n) is 4.86. The first kappa shape index (κ1) is 19.8. The highest BCUT2D eigenvalue weighted by molar-refractivity contribution is 7.80. The number of hydrogen-bond acceptors (Lipinski definition) is 6. The van der Waals surface area contributed by atoms with E-state index in [4.69, 9.17) is 26.5 Å². The summed E-state index contributed by atoms with van der Waals surface area (Å²) in [6.07, 6.45) is 0.864. The molecule has 0 bridgehead atoms. The molecule has 1 aliphatic rings. The van der Waals surface area contributed by atoms with Crippen molar-refractivity contribution in [3.8, 4) is 10.7 Å². The third kappa shape index (κ3) is 4.10. The normalized spacial score (nSPS) is 17.0. The van der Waals surface area contributed by atoms with Crippen LogP contribution in [0.25, 0.3) is 16.3 Å². The molecule has 1 aliphatic heterocycles. The minimum atomic E-state index is -0.154. The fourth-order valence-corrected chi connectivity index (χ4v) is 4.42. The zero-order chi connectivity index (χ0) is 20.2. The Hall–Kier alpha value is -2.55. The van der Waals surface area contributed by atoms with Crippen LogP contribution in [0.1, 0.15) is 30.8 Å². The molecule has 0 fully saturated rings. The van der Waals surface area contributed by atoms with Crippen LogP contribution in [0.2, 0.25) is 0 Å². The first-order valence-electron chi connectivity index (χ1n) is 9.39. The number of benzene rings is 1. The third-order valence-corrected chi connectivity index (χ3v) is 6.06. The van der Waals surface area contributed by atoms with Gasteiger partial charge in [-0.05, 0) is 42.6 Å². The van der Waals surface area contributed by atoms with Gasteiger partial charge in [-0.2, -0.15) is 4.98 Å². The molecule has 0 saturated heterocycles. The second-order valence-electron chi connectivity index (χ2n) is 6.69. The quantitative estimate of drug-likeness (QED) is 0.441. The minimum Gasteiger partial charge on any atom is -0.385 e. The molecule has 4 rings (SSSR count). The second kappa shape index (κ2) is 8.86. The monoisotopic (exact) mass is 426 g/mol. The van der Waals surface area contributed by atoms with E-state index in [1.54, 1.807) is 18.4 Å². The molecule has 1 unspecified atom stereocenters. The van der Waals surface area contributed by atoms with Crippen LogP contribution in [0, 0.1) is 0 Å². The smallest absolute Gasteiger partial charge is 0.258 e. The average molecular weight is 427 g/mol. The van der Waals surface area contributed by atoms with Crippen molar-refractivity contribution >= 4 is 34.2 Å². The Morgan fingerprint density at radius 2 is 2.07 bits per heavy atom. The summed E-state index contributed by atoms with van der Waals surface area (Å²) in [6.45, 7) is 3.48. The Morgan fingerprint density at radius 1 is 1.24 bits per heavy atom. The minimum absolute atomic E-state index is 0.154. The molecule has 2 aromatic heterocycles. The molecule has 0 spiro atoms. The molecule has 6 nitrogen and oxygen atoms in total. The molecule has 0 aliphatic carbocycles. The van der Waals surface area contributed by atoms with Crippen molar-refractivity contribution in [2.45, 2.75) is 19.4 Å². The molecule has 29 heavy (non-hydrogen) atoms. The van der Waals surface area contributed by atoms with Crippen LogP contribution in [0.3, 0.4) is 0 Å². The van der Waals surface area contributed by atoms with Crippen molar-refractivity contribution in [1.82, 2.24) is 20.4 Å². The molecule has 1 N–H and O–H groups in total. The lowest BCUT2D eigenvalue weighted by molar-refractivity contribution is 0.188. The van der Waals surface area contributed by atoms with E-state index in [9.17, 15) is 0 Å². The number of methoxy groups -OCH3 is 1. The van der Waals surface area contributed by atoms with Gasteiger partial charge in [0, 0.05) is 26.0 Å². The molecule has 0 saturated carbocycles. The number of nitrogens with zero attached hydrogens (tertiary/aromatic N) is 3. The maximum absolute atomic E-state index is 5.71. The molecule has 0 amide bonds. The first-order valence-corrected chi connectivity index (χ1v) is 10.7. The van der Waals surface area contributed by atoms with Crippen molar-refractivity contribution < 1.29 is 9.26 Å². The molecule has 1 atom stereocenters. The lowest BCUT2D eigenvalue weighted by Gasteiger charge is -2.37. The Morgan fingerprint density at radius 3 is 2.79 bits per heavy atom. The van der Waals surface area contributed by atoms with Gasteiger partial charge in [0.15, 0.2) is 5.11 Å². The van der Waals surface area contributed by atoms with E-state index in [2.05, 4.69) is 34.4 Å². The van der Waals surface area contributed by atoms with Gasteiger partial charge in [0.1, 0.15) is 0 Å². The molecule has 150 valence electrons. The van der Waals surface area contributed by atoms with Crippen molar-refractivity contribution in [3.05, 3.63) is 65.0 Å². The number of ether oxygens (including phenoxy) is 1. The van der Waals surface area contributed by atoms with Gasteiger partial charge in [-0.25, -0.2) is 0 Å². The lowest BCUT2D eigenvalue weighted by Crippen LogP contribution is -2.46. The Bertz CT molecular complexity index is 999. The number of allylic oxidation sites excluding steroid dienone is 1. The fourth-order valence-electron chi connectivity index (χ4n) is 3.43. The number of hydrogen-bond donors (Lipinski definition) is 1. The summed E-state index contributed by atoms with van der Waals surface area (Å²) in [4.78, 5) is 7.76. The zero-order valence-electron chi connectivity index (χ0n) is 16.3. The van der Waals surface area contributed by atoms with Crippen LogP contribution < -0.4 is 5.32 Å². The summed E-state index contributed by atoms with van der Waals surface area (Å²) in [7, 11) is 1.71. The van der Waals surface area contributed by atoms with E-state index < -0.39 is 0 Å². The maximum Gasteiger partial charge on any atom is 0.258 e. The Kier molecular flexibility index (Phi) is 6.03. The number of thiocarbonyl (C=S) groups is 1. The van der Waals surface area contributed by atoms with Gasteiger partial charge in [0.05, 0.1) is 16.5 Å². The van der Waals surface area contributed by atoms with Crippen LogP contribution in [-0.4, -0.2) is 40.4 Å². The predicted octanol–water partition coefficient (Wildman–Crippen LogP) is 4.50. The summed E-state index contributed by atoms with van der Waals surface area (Å²) in [5.74, 6) is 1.10.